The normalized spacial score (nSPS) is 12.7. The summed E-state index contributed by atoms with van der Waals surface area (Å²) in [6.45, 7) is 4.18. The van der Waals surface area contributed by atoms with Gasteiger partial charge in [0.2, 0.25) is 0 Å². The van der Waals surface area contributed by atoms with E-state index in [1.807, 2.05) is 6.92 Å². The summed E-state index contributed by atoms with van der Waals surface area (Å²) in [4.78, 5) is 10.8. The zero-order valence-corrected chi connectivity index (χ0v) is 8.97. The van der Waals surface area contributed by atoms with Crippen LogP contribution >= 0.6 is 0 Å². The van der Waals surface area contributed by atoms with Gasteiger partial charge in [0.15, 0.2) is 5.69 Å². The summed E-state index contributed by atoms with van der Waals surface area (Å²) in [5, 5.41) is 16.3. The topological polar surface area (TPSA) is 94.0 Å². The minimum Gasteiger partial charge on any atom is -0.476 e. The van der Waals surface area contributed by atoms with Crippen molar-refractivity contribution in [1.82, 2.24) is 15.0 Å². The highest BCUT2D eigenvalue weighted by Gasteiger charge is 2.19. The van der Waals surface area contributed by atoms with Crippen LogP contribution in [0, 0.1) is 0 Å². The molecule has 0 bridgehead atoms. The molecule has 0 radical (unpaired) electrons. The predicted octanol–water partition coefficient (Wildman–Crippen LogP) is 0.796. The van der Waals surface area contributed by atoms with Crippen LogP contribution in [0.25, 0.3) is 0 Å². The largest absolute Gasteiger partial charge is 0.476 e. The molecule has 1 aromatic heterocycles. The highest BCUT2D eigenvalue weighted by atomic mass is 16.4. The molecular weight excluding hydrogens is 196 g/mol. The first kappa shape index (κ1) is 11.6. The molecule has 0 saturated heterocycles. The molecule has 0 fully saturated rings. The first-order valence-electron chi connectivity index (χ1n) is 4.99. The quantitative estimate of drug-likeness (QED) is 0.752. The number of carboxylic acid groups (broad SMARTS) is 1. The van der Waals surface area contributed by atoms with Crippen LogP contribution in [0.4, 0.5) is 0 Å². The van der Waals surface area contributed by atoms with Crippen molar-refractivity contribution in [2.75, 3.05) is 0 Å². The van der Waals surface area contributed by atoms with E-state index in [9.17, 15) is 4.79 Å². The Morgan fingerprint density at radius 3 is 2.80 bits per heavy atom. The maximum Gasteiger partial charge on any atom is 0.358 e. The number of carboxylic acids is 1. The monoisotopic (exact) mass is 212 g/mol. The number of carbonyl (C=O) groups is 1. The summed E-state index contributed by atoms with van der Waals surface area (Å²) in [6.07, 6.45) is 1.93. The lowest BCUT2D eigenvalue weighted by Crippen LogP contribution is -2.15. The second-order valence-electron chi connectivity index (χ2n) is 3.48. The van der Waals surface area contributed by atoms with E-state index in [1.54, 1.807) is 4.68 Å². The van der Waals surface area contributed by atoms with Gasteiger partial charge < -0.3 is 10.8 Å². The van der Waals surface area contributed by atoms with Gasteiger partial charge in [-0.2, -0.15) is 0 Å². The Hall–Kier alpha value is -1.43. The van der Waals surface area contributed by atoms with Crippen LogP contribution in [-0.2, 0) is 6.54 Å². The molecule has 1 aromatic rings. The van der Waals surface area contributed by atoms with Crippen molar-refractivity contribution in [1.29, 1.82) is 0 Å². The highest BCUT2D eigenvalue weighted by molar-refractivity contribution is 5.86. The van der Waals surface area contributed by atoms with E-state index in [0.717, 1.165) is 12.8 Å². The maximum atomic E-state index is 10.8. The first-order chi connectivity index (χ1) is 7.11. The molecule has 0 amide bonds. The van der Waals surface area contributed by atoms with Gasteiger partial charge in [-0.25, -0.2) is 9.48 Å². The van der Waals surface area contributed by atoms with Crippen molar-refractivity contribution in [2.45, 2.75) is 39.3 Å². The molecule has 0 aliphatic rings. The summed E-state index contributed by atoms with van der Waals surface area (Å²) >= 11 is 0. The van der Waals surface area contributed by atoms with Crippen LogP contribution in [0.2, 0.25) is 0 Å². The number of hydrogen-bond acceptors (Lipinski definition) is 4. The van der Waals surface area contributed by atoms with Crippen molar-refractivity contribution in [3.8, 4) is 0 Å². The number of hydrogen-bond donors (Lipinski definition) is 2. The average Bonchev–Trinajstić information content (AvgIpc) is 2.61. The summed E-state index contributed by atoms with van der Waals surface area (Å²) in [5.74, 6) is -1.08. The van der Waals surface area contributed by atoms with Gasteiger partial charge in [0.25, 0.3) is 0 Å². The minimum absolute atomic E-state index is 0.0412. The van der Waals surface area contributed by atoms with E-state index in [-0.39, 0.29) is 18.3 Å². The van der Waals surface area contributed by atoms with Gasteiger partial charge in [-0.3, -0.25) is 0 Å². The highest BCUT2D eigenvalue weighted by Crippen LogP contribution is 2.16. The SMILES string of the molecule is CCCC(C)n1nnc(C(=O)O)c1CN. The van der Waals surface area contributed by atoms with Gasteiger partial charge in [-0.15, -0.1) is 5.10 Å². The fraction of sp³-hybridized carbons (Fsp3) is 0.667. The number of nitrogens with two attached hydrogens (primary N) is 1. The third-order valence-corrected chi connectivity index (χ3v) is 2.31. The smallest absolute Gasteiger partial charge is 0.358 e. The Morgan fingerprint density at radius 2 is 2.33 bits per heavy atom. The van der Waals surface area contributed by atoms with Gasteiger partial charge in [0.1, 0.15) is 0 Å². The summed E-state index contributed by atoms with van der Waals surface area (Å²) in [7, 11) is 0. The molecule has 0 spiro atoms. The van der Waals surface area contributed by atoms with Crippen LogP contribution in [-0.4, -0.2) is 26.1 Å². The molecule has 1 unspecified atom stereocenters. The van der Waals surface area contributed by atoms with E-state index in [1.165, 1.54) is 0 Å². The molecule has 0 aliphatic heterocycles. The zero-order chi connectivity index (χ0) is 11.4. The number of rotatable bonds is 5. The van der Waals surface area contributed by atoms with Crippen LogP contribution in [0.1, 0.15) is 48.9 Å². The average molecular weight is 212 g/mol. The molecule has 1 heterocycles. The van der Waals surface area contributed by atoms with Crippen molar-refractivity contribution in [3.05, 3.63) is 11.4 Å². The van der Waals surface area contributed by atoms with Crippen LogP contribution < -0.4 is 5.73 Å². The van der Waals surface area contributed by atoms with E-state index in [0.29, 0.717) is 5.69 Å². The van der Waals surface area contributed by atoms with E-state index >= 15 is 0 Å². The number of aromatic nitrogens is 3. The molecule has 15 heavy (non-hydrogen) atoms. The van der Waals surface area contributed by atoms with Gasteiger partial charge in [0, 0.05) is 6.54 Å². The van der Waals surface area contributed by atoms with Gasteiger partial charge >= 0.3 is 5.97 Å². The second-order valence-corrected chi connectivity index (χ2v) is 3.48. The molecular formula is C9H16N4O2. The fourth-order valence-electron chi connectivity index (χ4n) is 1.56. The molecule has 1 rings (SSSR count). The third kappa shape index (κ3) is 2.33. The Bertz CT molecular complexity index is 348. The Morgan fingerprint density at radius 1 is 1.67 bits per heavy atom. The van der Waals surface area contributed by atoms with E-state index < -0.39 is 5.97 Å². The Labute approximate surface area is 88.1 Å². The molecule has 1 atom stereocenters. The van der Waals surface area contributed by atoms with Crippen molar-refractivity contribution >= 4 is 5.97 Å². The Balaban J connectivity index is 3.03. The standard InChI is InChI=1S/C9H16N4O2/c1-3-4-6(2)13-7(5-10)8(9(14)15)11-12-13/h6H,3-5,10H2,1-2H3,(H,14,15). The number of aromatic carboxylic acids is 1. The maximum absolute atomic E-state index is 10.8. The van der Waals surface area contributed by atoms with Crippen molar-refractivity contribution < 1.29 is 9.90 Å². The predicted molar refractivity (Wildman–Crippen MR) is 54.5 cm³/mol. The molecule has 0 saturated carbocycles. The fourth-order valence-corrected chi connectivity index (χ4v) is 1.56. The van der Waals surface area contributed by atoms with Crippen LogP contribution in [0.15, 0.2) is 0 Å². The molecule has 0 aliphatic carbocycles. The van der Waals surface area contributed by atoms with Gasteiger partial charge in [-0.05, 0) is 13.3 Å². The van der Waals surface area contributed by atoms with E-state index in [2.05, 4.69) is 17.2 Å². The van der Waals surface area contributed by atoms with Crippen LogP contribution in [0.3, 0.4) is 0 Å². The van der Waals surface area contributed by atoms with Crippen LogP contribution in [0.5, 0.6) is 0 Å². The minimum atomic E-state index is -1.08. The molecule has 3 N–H and O–H groups in total. The molecule has 6 nitrogen and oxygen atoms in total. The second kappa shape index (κ2) is 4.88. The molecule has 0 aromatic carbocycles. The first-order valence-corrected chi connectivity index (χ1v) is 4.99. The zero-order valence-electron chi connectivity index (χ0n) is 8.97. The van der Waals surface area contributed by atoms with Gasteiger partial charge in [-0.1, -0.05) is 18.6 Å². The third-order valence-electron chi connectivity index (χ3n) is 2.31. The summed E-state index contributed by atoms with van der Waals surface area (Å²) < 4.78 is 1.60. The molecule has 6 heteroatoms. The number of nitrogens with zero attached hydrogens (tertiary/aromatic N) is 3. The lowest BCUT2D eigenvalue weighted by Gasteiger charge is -2.12. The summed E-state index contributed by atoms with van der Waals surface area (Å²) in [5.41, 5.74) is 5.95. The lowest BCUT2D eigenvalue weighted by atomic mass is 10.2. The Kier molecular flexibility index (Phi) is 3.79. The van der Waals surface area contributed by atoms with Crippen molar-refractivity contribution in [2.24, 2.45) is 5.73 Å². The van der Waals surface area contributed by atoms with Crippen molar-refractivity contribution in [3.63, 3.8) is 0 Å². The lowest BCUT2D eigenvalue weighted by molar-refractivity contribution is 0.0689. The van der Waals surface area contributed by atoms with Gasteiger partial charge in [0.05, 0.1) is 11.7 Å². The van der Waals surface area contributed by atoms with E-state index in [4.69, 9.17) is 10.8 Å². The summed E-state index contributed by atoms with van der Waals surface area (Å²) in [6, 6.07) is 0.133. The molecule has 84 valence electrons.